The summed E-state index contributed by atoms with van der Waals surface area (Å²) < 4.78 is 17.0. The standard InChI is InChI=1S/C28H29FIN5O3S/c1-15-24-23(25(33(3)26(15)36)32-22-12-11-17(30)13-21(22)29)27(37)35(19-8-4-5-9-19)28(38)34(24)20-10-6-7-18(14-20)31-16(2)39/h6-7,10-14,19,27,32,37H,4-5,8-9H2,1-3H3,(H,31,39). The van der Waals surface area contributed by atoms with Crippen LogP contribution in [0.3, 0.4) is 0 Å². The second kappa shape index (κ2) is 10.9. The van der Waals surface area contributed by atoms with Crippen LogP contribution in [0, 0.1) is 16.3 Å². The first-order valence-corrected chi connectivity index (χ1v) is 14.2. The molecule has 1 atom stereocenters. The van der Waals surface area contributed by atoms with Crippen LogP contribution in [-0.2, 0) is 7.05 Å². The van der Waals surface area contributed by atoms with Gasteiger partial charge < -0.3 is 15.7 Å². The van der Waals surface area contributed by atoms with Crippen LogP contribution in [-0.4, -0.2) is 31.6 Å². The lowest BCUT2D eigenvalue weighted by Gasteiger charge is -2.44. The Kier molecular flexibility index (Phi) is 7.66. The third-order valence-electron chi connectivity index (χ3n) is 7.31. The van der Waals surface area contributed by atoms with Gasteiger partial charge in [-0.2, -0.15) is 0 Å². The van der Waals surface area contributed by atoms with E-state index >= 15 is 0 Å². The fraction of sp³-hybridized carbons (Fsp3) is 0.321. The van der Waals surface area contributed by atoms with Gasteiger partial charge in [-0.15, -0.1) is 0 Å². The van der Waals surface area contributed by atoms with E-state index in [-0.39, 0.29) is 28.8 Å². The van der Waals surface area contributed by atoms with Gasteiger partial charge in [0.2, 0.25) is 0 Å². The molecule has 39 heavy (non-hydrogen) atoms. The number of halogens is 2. The van der Waals surface area contributed by atoms with E-state index in [2.05, 4.69) is 10.6 Å². The fourth-order valence-electron chi connectivity index (χ4n) is 5.51. The van der Waals surface area contributed by atoms with E-state index in [1.54, 1.807) is 51.2 Å². The fourth-order valence-corrected chi connectivity index (χ4v) is 6.08. The zero-order valence-electron chi connectivity index (χ0n) is 21.8. The largest absolute Gasteiger partial charge is 0.369 e. The Labute approximate surface area is 245 Å². The highest BCUT2D eigenvalue weighted by Crippen LogP contribution is 2.47. The molecule has 3 aromatic rings. The topological polar surface area (TPSA) is 89.8 Å². The number of nitrogens with one attached hydrogen (secondary N) is 2. The molecule has 5 rings (SSSR count). The molecule has 1 saturated carbocycles. The summed E-state index contributed by atoms with van der Waals surface area (Å²) in [6, 6.07) is 11.3. The van der Waals surface area contributed by atoms with Crippen LogP contribution in [0.25, 0.3) is 0 Å². The number of hydrogen-bond donors (Lipinski definition) is 3. The first-order chi connectivity index (χ1) is 18.6. The van der Waals surface area contributed by atoms with Crippen molar-refractivity contribution in [3.63, 3.8) is 0 Å². The number of urea groups is 1. The van der Waals surface area contributed by atoms with Crippen LogP contribution in [0.15, 0.2) is 47.3 Å². The van der Waals surface area contributed by atoms with Crippen molar-refractivity contribution < 1.29 is 14.3 Å². The molecular weight excluding hydrogens is 632 g/mol. The summed E-state index contributed by atoms with van der Waals surface area (Å²) >= 11 is 7.23. The number of fused-ring (bicyclic) bond motifs is 1. The molecule has 3 N–H and O–H groups in total. The quantitative estimate of drug-likeness (QED) is 0.215. The number of anilines is 5. The van der Waals surface area contributed by atoms with Crippen LogP contribution < -0.4 is 21.1 Å². The van der Waals surface area contributed by atoms with Crippen molar-refractivity contribution in [2.24, 2.45) is 7.05 Å². The molecule has 1 aliphatic carbocycles. The van der Waals surface area contributed by atoms with Gasteiger partial charge in [0.1, 0.15) is 11.6 Å². The normalized spacial score (nSPS) is 17.4. The number of benzene rings is 2. The Bertz CT molecular complexity index is 1540. The zero-order valence-corrected chi connectivity index (χ0v) is 24.8. The number of thiocarbonyl (C=S) groups is 1. The number of amides is 2. The van der Waals surface area contributed by atoms with E-state index in [4.69, 9.17) is 12.2 Å². The molecule has 2 aromatic carbocycles. The zero-order chi connectivity index (χ0) is 28.0. The van der Waals surface area contributed by atoms with Crippen LogP contribution in [0.2, 0.25) is 0 Å². The maximum atomic E-state index is 14.9. The monoisotopic (exact) mass is 661 g/mol. The second-order valence-electron chi connectivity index (χ2n) is 9.92. The predicted molar refractivity (Wildman–Crippen MR) is 164 cm³/mol. The van der Waals surface area contributed by atoms with E-state index in [1.807, 2.05) is 28.7 Å². The molecule has 1 aliphatic heterocycles. The van der Waals surface area contributed by atoms with Crippen molar-refractivity contribution in [2.45, 2.75) is 51.8 Å². The first-order valence-electron chi connectivity index (χ1n) is 12.7. The number of pyridine rings is 1. The minimum atomic E-state index is -1.34. The van der Waals surface area contributed by atoms with Crippen molar-refractivity contribution in [1.82, 2.24) is 9.47 Å². The highest BCUT2D eigenvalue weighted by molar-refractivity contribution is 14.1. The van der Waals surface area contributed by atoms with Gasteiger partial charge in [-0.25, -0.2) is 9.18 Å². The lowest BCUT2D eigenvalue weighted by Crippen LogP contribution is -2.52. The van der Waals surface area contributed by atoms with Gasteiger partial charge in [0.05, 0.1) is 27.6 Å². The minimum absolute atomic E-state index is 0.155. The van der Waals surface area contributed by atoms with E-state index in [0.29, 0.717) is 27.5 Å². The summed E-state index contributed by atoms with van der Waals surface area (Å²) in [5.41, 5.74) is 1.91. The lowest BCUT2D eigenvalue weighted by molar-refractivity contribution is 0.00454. The molecule has 204 valence electrons. The number of carbonyl (C=O) groups excluding carboxylic acids is 1. The number of rotatable bonds is 5. The maximum Gasteiger partial charge on any atom is 0.331 e. The Morgan fingerprint density at radius 2 is 1.87 bits per heavy atom. The van der Waals surface area contributed by atoms with Crippen LogP contribution >= 0.6 is 34.8 Å². The van der Waals surface area contributed by atoms with Gasteiger partial charge >= 0.3 is 6.03 Å². The number of aliphatic hydroxyl groups is 1. The van der Waals surface area contributed by atoms with Crippen molar-refractivity contribution in [2.75, 3.05) is 15.5 Å². The molecule has 1 fully saturated rings. The molecule has 1 unspecified atom stereocenters. The van der Waals surface area contributed by atoms with E-state index in [9.17, 15) is 19.1 Å². The van der Waals surface area contributed by atoms with Gasteiger partial charge in [0.25, 0.3) is 5.56 Å². The molecule has 0 saturated heterocycles. The minimum Gasteiger partial charge on any atom is -0.369 e. The Morgan fingerprint density at radius 3 is 2.54 bits per heavy atom. The average molecular weight is 662 g/mol. The number of nitrogens with zero attached hydrogens (tertiary/aromatic N) is 3. The van der Waals surface area contributed by atoms with E-state index < -0.39 is 18.1 Å². The summed E-state index contributed by atoms with van der Waals surface area (Å²) in [5, 5.41) is 18.0. The molecule has 2 aliphatic rings. The Morgan fingerprint density at radius 1 is 1.15 bits per heavy atom. The number of carbonyl (C=O) groups is 1. The van der Waals surface area contributed by atoms with Crippen molar-refractivity contribution in [3.05, 3.63) is 73.3 Å². The van der Waals surface area contributed by atoms with Crippen molar-refractivity contribution in [3.8, 4) is 0 Å². The highest BCUT2D eigenvalue weighted by Gasteiger charge is 2.45. The van der Waals surface area contributed by atoms with Crippen LogP contribution in [0.1, 0.15) is 50.0 Å². The summed E-state index contributed by atoms with van der Waals surface area (Å²) in [5.74, 6) is -0.276. The molecule has 8 nitrogen and oxygen atoms in total. The summed E-state index contributed by atoms with van der Waals surface area (Å²) in [6.45, 7) is 3.40. The summed E-state index contributed by atoms with van der Waals surface area (Å²) in [4.78, 5) is 31.2. The number of hydrogen-bond acceptors (Lipinski definition) is 5. The Balaban J connectivity index is 1.76. The van der Waals surface area contributed by atoms with Gasteiger partial charge in [0.15, 0.2) is 6.23 Å². The molecule has 2 amide bonds. The van der Waals surface area contributed by atoms with Crippen molar-refractivity contribution in [1.29, 1.82) is 0 Å². The van der Waals surface area contributed by atoms with E-state index in [1.165, 1.54) is 20.4 Å². The smallest absolute Gasteiger partial charge is 0.331 e. The third-order valence-corrected chi connectivity index (χ3v) is 8.08. The number of aromatic nitrogens is 1. The molecule has 0 spiro atoms. The molecule has 11 heteroatoms. The van der Waals surface area contributed by atoms with Crippen LogP contribution in [0.4, 0.5) is 37.8 Å². The van der Waals surface area contributed by atoms with Gasteiger partial charge in [-0.3, -0.25) is 19.2 Å². The molecule has 0 radical (unpaired) electrons. The highest BCUT2D eigenvalue weighted by atomic mass is 127. The third kappa shape index (κ3) is 5.03. The van der Waals surface area contributed by atoms with Crippen LogP contribution in [0.5, 0.6) is 0 Å². The molecular formula is C28H29FIN5O3S. The molecule has 1 aromatic heterocycles. The number of aliphatic hydroxyl groups excluding tert-OH is 1. The van der Waals surface area contributed by atoms with Gasteiger partial charge in [-0.05, 0) is 85.7 Å². The molecule has 2 heterocycles. The lowest BCUT2D eigenvalue weighted by atomic mass is 10.00. The SMILES string of the molecule is CC(=S)Nc1cccc(N2C(=O)N(C3CCCC3)C(O)c3c2c(C)c(=O)n(C)c3Nc2ccc(I)cc2F)c1. The van der Waals surface area contributed by atoms with Gasteiger partial charge in [0, 0.05) is 27.9 Å². The Hall–Kier alpha value is -3.03. The maximum absolute atomic E-state index is 14.9. The van der Waals surface area contributed by atoms with E-state index in [0.717, 1.165) is 29.3 Å². The summed E-state index contributed by atoms with van der Waals surface area (Å²) in [7, 11) is 1.57. The van der Waals surface area contributed by atoms with Crippen molar-refractivity contribution >= 4 is 74.4 Å². The second-order valence-corrected chi connectivity index (χ2v) is 11.8. The first kappa shape index (κ1) is 27.5. The summed E-state index contributed by atoms with van der Waals surface area (Å²) in [6.07, 6.45) is 2.09. The van der Waals surface area contributed by atoms with Gasteiger partial charge in [-0.1, -0.05) is 31.1 Å². The predicted octanol–water partition coefficient (Wildman–Crippen LogP) is 6.45. The average Bonchev–Trinajstić information content (AvgIpc) is 3.41. The molecule has 0 bridgehead atoms.